The molecule has 3 amide bonds. The van der Waals surface area contributed by atoms with E-state index in [9.17, 15) is 14.4 Å². The summed E-state index contributed by atoms with van der Waals surface area (Å²) in [4.78, 5) is 38.3. The van der Waals surface area contributed by atoms with Crippen LogP contribution in [0.2, 0.25) is 0 Å². The van der Waals surface area contributed by atoms with E-state index in [4.69, 9.17) is 0 Å². The lowest BCUT2D eigenvalue weighted by Gasteiger charge is -2.21. The molecule has 2 aromatic rings. The summed E-state index contributed by atoms with van der Waals surface area (Å²) < 4.78 is 0. The highest BCUT2D eigenvalue weighted by molar-refractivity contribution is 5.96. The molecule has 31 heavy (non-hydrogen) atoms. The molecule has 0 aromatic heterocycles. The number of nitrogens with one attached hydrogen (secondary N) is 2. The minimum absolute atomic E-state index is 0.0186. The fourth-order valence-electron chi connectivity index (χ4n) is 2.85. The number of hydrogen-bond acceptors (Lipinski definition) is 3. The summed E-state index contributed by atoms with van der Waals surface area (Å²) in [6.07, 6.45) is 0. The minimum atomic E-state index is -0.284. The normalized spacial score (nSPS) is 11.2. The van der Waals surface area contributed by atoms with Crippen LogP contribution < -0.4 is 10.6 Å². The second kappa shape index (κ2) is 10.2. The molecule has 0 saturated carbocycles. The molecular formula is C25H33N3O3. The van der Waals surface area contributed by atoms with Crippen LogP contribution in [-0.2, 0) is 16.8 Å². The van der Waals surface area contributed by atoms with E-state index in [1.54, 1.807) is 36.2 Å². The van der Waals surface area contributed by atoms with Crippen LogP contribution in [0.1, 0.15) is 66.5 Å². The summed E-state index contributed by atoms with van der Waals surface area (Å²) in [6, 6.07) is 14.7. The van der Waals surface area contributed by atoms with Crippen molar-refractivity contribution in [3.05, 3.63) is 70.8 Å². The molecule has 0 atom stereocenters. The molecule has 0 aliphatic rings. The Balaban J connectivity index is 1.81. The quantitative estimate of drug-likeness (QED) is 0.715. The van der Waals surface area contributed by atoms with Crippen LogP contribution in [0.4, 0.5) is 0 Å². The average molecular weight is 424 g/mol. The Kier molecular flexibility index (Phi) is 7.97. The van der Waals surface area contributed by atoms with E-state index in [0.29, 0.717) is 17.7 Å². The largest absolute Gasteiger partial charge is 0.350 e. The van der Waals surface area contributed by atoms with E-state index >= 15 is 0 Å². The SMILES string of the molecule is CC(C)N(C)C(=O)c1ccc(CNC(=O)CNC(=O)c2ccc(C(C)(C)C)cc2)cc1. The van der Waals surface area contributed by atoms with E-state index in [1.165, 1.54) is 0 Å². The van der Waals surface area contributed by atoms with Crippen molar-refractivity contribution in [1.82, 2.24) is 15.5 Å². The van der Waals surface area contributed by atoms with Crippen molar-refractivity contribution in [2.24, 2.45) is 0 Å². The van der Waals surface area contributed by atoms with Gasteiger partial charge in [-0.15, -0.1) is 0 Å². The van der Waals surface area contributed by atoms with Gasteiger partial charge in [-0.25, -0.2) is 0 Å². The number of nitrogens with zero attached hydrogens (tertiary/aromatic N) is 1. The highest BCUT2D eigenvalue weighted by Gasteiger charge is 2.15. The van der Waals surface area contributed by atoms with Crippen molar-refractivity contribution < 1.29 is 14.4 Å². The molecule has 0 aliphatic heterocycles. The van der Waals surface area contributed by atoms with Gasteiger partial charge in [0.05, 0.1) is 6.54 Å². The molecule has 0 bridgehead atoms. The first-order chi connectivity index (χ1) is 14.5. The first kappa shape index (κ1) is 24.1. The lowest BCUT2D eigenvalue weighted by atomic mass is 9.87. The van der Waals surface area contributed by atoms with Gasteiger partial charge in [-0.1, -0.05) is 45.0 Å². The third-order valence-corrected chi connectivity index (χ3v) is 5.21. The van der Waals surface area contributed by atoms with Crippen molar-refractivity contribution in [2.75, 3.05) is 13.6 Å². The summed E-state index contributed by atoms with van der Waals surface area (Å²) in [6.45, 7) is 10.5. The molecule has 0 spiro atoms. The van der Waals surface area contributed by atoms with E-state index < -0.39 is 0 Å². The first-order valence-corrected chi connectivity index (χ1v) is 10.5. The molecule has 0 heterocycles. The molecule has 0 unspecified atom stereocenters. The van der Waals surface area contributed by atoms with E-state index in [-0.39, 0.29) is 35.7 Å². The average Bonchev–Trinajstić information content (AvgIpc) is 2.74. The molecule has 166 valence electrons. The number of amides is 3. The van der Waals surface area contributed by atoms with Crippen LogP contribution in [0.15, 0.2) is 48.5 Å². The van der Waals surface area contributed by atoms with Gasteiger partial charge in [0, 0.05) is 30.8 Å². The fraction of sp³-hybridized carbons (Fsp3) is 0.400. The van der Waals surface area contributed by atoms with Gasteiger partial charge in [-0.2, -0.15) is 0 Å². The van der Waals surface area contributed by atoms with Crippen molar-refractivity contribution in [3.63, 3.8) is 0 Å². The molecule has 6 heteroatoms. The maximum atomic E-state index is 12.3. The maximum Gasteiger partial charge on any atom is 0.253 e. The Morgan fingerprint density at radius 2 is 1.42 bits per heavy atom. The number of benzene rings is 2. The van der Waals surface area contributed by atoms with Crippen molar-refractivity contribution in [1.29, 1.82) is 0 Å². The van der Waals surface area contributed by atoms with Gasteiger partial charge < -0.3 is 15.5 Å². The summed E-state index contributed by atoms with van der Waals surface area (Å²) in [5.41, 5.74) is 3.17. The molecule has 2 aromatic carbocycles. The predicted molar refractivity (Wildman–Crippen MR) is 123 cm³/mol. The maximum absolute atomic E-state index is 12.3. The number of carbonyl (C=O) groups is 3. The molecule has 2 rings (SSSR count). The lowest BCUT2D eigenvalue weighted by molar-refractivity contribution is -0.120. The lowest BCUT2D eigenvalue weighted by Crippen LogP contribution is -2.36. The third kappa shape index (κ3) is 6.95. The summed E-state index contributed by atoms with van der Waals surface area (Å²) >= 11 is 0. The molecule has 0 saturated heterocycles. The zero-order valence-electron chi connectivity index (χ0n) is 19.3. The van der Waals surface area contributed by atoms with Gasteiger partial charge in [0.1, 0.15) is 0 Å². The zero-order valence-corrected chi connectivity index (χ0v) is 19.3. The highest BCUT2D eigenvalue weighted by Crippen LogP contribution is 2.22. The Bertz CT molecular complexity index is 911. The molecule has 0 radical (unpaired) electrons. The van der Waals surface area contributed by atoms with Crippen LogP contribution in [0.5, 0.6) is 0 Å². The van der Waals surface area contributed by atoms with Crippen LogP contribution in [-0.4, -0.2) is 42.3 Å². The minimum Gasteiger partial charge on any atom is -0.350 e. The molecule has 2 N–H and O–H groups in total. The van der Waals surface area contributed by atoms with Crippen LogP contribution in [0.25, 0.3) is 0 Å². The van der Waals surface area contributed by atoms with Gasteiger partial charge in [-0.05, 0) is 54.7 Å². The van der Waals surface area contributed by atoms with Crippen LogP contribution in [0, 0.1) is 0 Å². The van der Waals surface area contributed by atoms with Gasteiger partial charge in [0.2, 0.25) is 5.91 Å². The van der Waals surface area contributed by atoms with Crippen LogP contribution in [0.3, 0.4) is 0 Å². The smallest absolute Gasteiger partial charge is 0.253 e. The number of hydrogen-bond donors (Lipinski definition) is 2. The van der Waals surface area contributed by atoms with Gasteiger partial charge in [0.25, 0.3) is 11.8 Å². The first-order valence-electron chi connectivity index (χ1n) is 10.5. The van der Waals surface area contributed by atoms with Crippen molar-refractivity contribution >= 4 is 17.7 Å². The Labute approximate surface area is 185 Å². The van der Waals surface area contributed by atoms with E-state index in [2.05, 4.69) is 31.4 Å². The molecule has 0 fully saturated rings. The van der Waals surface area contributed by atoms with Gasteiger partial charge in [0.15, 0.2) is 0 Å². The molecule has 0 aliphatic carbocycles. The van der Waals surface area contributed by atoms with Crippen molar-refractivity contribution in [2.45, 2.75) is 52.6 Å². The second-order valence-corrected chi connectivity index (χ2v) is 8.99. The second-order valence-electron chi connectivity index (χ2n) is 8.99. The molecule has 6 nitrogen and oxygen atoms in total. The van der Waals surface area contributed by atoms with E-state index in [0.717, 1.165) is 11.1 Å². The Hall–Kier alpha value is -3.15. The van der Waals surface area contributed by atoms with Crippen LogP contribution >= 0.6 is 0 Å². The fourth-order valence-corrected chi connectivity index (χ4v) is 2.85. The Morgan fingerprint density at radius 3 is 1.94 bits per heavy atom. The number of rotatable bonds is 7. The van der Waals surface area contributed by atoms with Crippen molar-refractivity contribution in [3.8, 4) is 0 Å². The van der Waals surface area contributed by atoms with E-state index in [1.807, 2.05) is 38.1 Å². The third-order valence-electron chi connectivity index (χ3n) is 5.21. The summed E-state index contributed by atoms with van der Waals surface area (Å²) in [5, 5.41) is 5.41. The highest BCUT2D eigenvalue weighted by atomic mass is 16.2. The monoisotopic (exact) mass is 423 g/mol. The van der Waals surface area contributed by atoms with Gasteiger partial charge >= 0.3 is 0 Å². The standard InChI is InChI=1S/C25H33N3O3/c1-17(2)28(6)24(31)20-9-7-18(8-10-20)15-26-22(29)16-27-23(30)19-11-13-21(14-12-19)25(3,4)5/h7-14,17H,15-16H2,1-6H3,(H,26,29)(H,27,30). The topological polar surface area (TPSA) is 78.5 Å². The molecular weight excluding hydrogens is 390 g/mol. The zero-order chi connectivity index (χ0) is 23.2. The number of carbonyl (C=O) groups excluding carboxylic acids is 3. The van der Waals surface area contributed by atoms with Gasteiger partial charge in [-0.3, -0.25) is 14.4 Å². The Morgan fingerprint density at radius 1 is 0.871 bits per heavy atom. The predicted octanol–water partition coefficient (Wildman–Crippen LogP) is 3.51. The summed E-state index contributed by atoms with van der Waals surface area (Å²) in [7, 11) is 1.77. The summed E-state index contributed by atoms with van der Waals surface area (Å²) in [5.74, 6) is -0.601.